The Morgan fingerprint density at radius 1 is 1.18 bits per heavy atom. The number of aliphatic imine (C=N–C) groups is 1. The van der Waals surface area contributed by atoms with E-state index >= 15 is 0 Å². The number of nitro groups is 1. The average Bonchev–Trinajstić information content (AvgIpc) is 2.98. The molecular formula is C15H10Cl2N2O3. The fourth-order valence-electron chi connectivity index (χ4n) is 2.17. The number of nitrogens with zero attached hydrogens (tertiary/aromatic N) is 2. The smallest absolute Gasteiger partial charge is 0.288 e. The summed E-state index contributed by atoms with van der Waals surface area (Å²) in [5.41, 5.74) is 1.32. The molecule has 1 aliphatic heterocycles. The lowest BCUT2D eigenvalue weighted by molar-refractivity contribution is -0.384. The third-order valence-corrected chi connectivity index (χ3v) is 3.86. The van der Waals surface area contributed by atoms with E-state index in [9.17, 15) is 10.1 Å². The summed E-state index contributed by atoms with van der Waals surface area (Å²) in [5.74, 6) is 0.375. The van der Waals surface area contributed by atoms with E-state index in [1.807, 2.05) is 12.1 Å². The highest BCUT2D eigenvalue weighted by Crippen LogP contribution is 2.30. The van der Waals surface area contributed by atoms with E-state index in [1.165, 1.54) is 12.1 Å². The van der Waals surface area contributed by atoms with Crippen molar-refractivity contribution in [2.75, 3.05) is 6.54 Å². The number of hydrogen-bond acceptors (Lipinski definition) is 4. The van der Waals surface area contributed by atoms with E-state index in [-0.39, 0.29) is 16.8 Å². The molecule has 0 radical (unpaired) electrons. The molecule has 0 aromatic heterocycles. The first-order valence-corrected chi connectivity index (χ1v) is 7.21. The Hall–Kier alpha value is -2.11. The molecule has 0 N–H and O–H groups in total. The molecule has 1 aliphatic rings. The Kier molecular flexibility index (Phi) is 4.00. The van der Waals surface area contributed by atoms with Crippen LogP contribution in [0.15, 0.2) is 47.5 Å². The van der Waals surface area contributed by atoms with E-state index in [0.29, 0.717) is 23.0 Å². The molecule has 5 nitrogen and oxygen atoms in total. The molecule has 112 valence electrons. The van der Waals surface area contributed by atoms with Gasteiger partial charge in [-0.3, -0.25) is 10.1 Å². The van der Waals surface area contributed by atoms with Crippen LogP contribution < -0.4 is 0 Å². The Morgan fingerprint density at radius 3 is 2.59 bits per heavy atom. The normalized spacial score (nSPS) is 17.0. The first-order valence-electron chi connectivity index (χ1n) is 6.45. The van der Waals surface area contributed by atoms with Gasteiger partial charge in [-0.2, -0.15) is 0 Å². The monoisotopic (exact) mass is 336 g/mol. The number of hydrogen-bond donors (Lipinski definition) is 0. The Bertz CT molecular complexity index is 760. The summed E-state index contributed by atoms with van der Waals surface area (Å²) in [6, 6.07) is 11.8. The van der Waals surface area contributed by atoms with Crippen LogP contribution in [0, 0.1) is 10.1 Å². The highest BCUT2D eigenvalue weighted by Gasteiger charge is 2.24. The van der Waals surface area contributed by atoms with Gasteiger partial charge in [-0.05, 0) is 29.8 Å². The van der Waals surface area contributed by atoms with Crippen molar-refractivity contribution in [3.05, 3.63) is 73.8 Å². The van der Waals surface area contributed by atoms with E-state index in [0.717, 1.165) is 5.56 Å². The van der Waals surface area contributed by atoms with Gasteiger partial charge in [0.25, 0.3) is 5.69 Å². The molecule has 3 rings (SSSR count). The zero-order chi connectivity index (χ0) is 15.7. The van der Waals surface area contributed by atoms with E-state index in [2.05, 4.69) is 4.99 Å². The number of ether oxygens (including phenoxy) is 1. The molecular weight excluding hydrogens is 327 g/mol. The van der Waals surface area contributed by atoms with Gasteiger partial charge >= 0.3 is 0 Å². The van der Waals surface area contributed by atoms with E-state index < -0.39 is 4.92 Å². The summed E-state index contributed by atoms with van der Waals surface area (Å²) < 4.78 is 5.79. The molecule has 2 aromatic carbocycles. The van der Waals surface area contributed by atoms with Crippen molar-refractivity contribution in [1.82, 2.24) is 0 Å². The number of benzene rings is 2. The first-order chi connectivity index (χ1) is 10.5. The largest absolute Gasteiger partial charge is 0.467 e. The van der Waals surface area contributed by atoms with Crippen molar-refractivity contribution < 1.29 is 9.66 Å². The summed E-state index contributed by atoms with van der Waals surface area (Å²) in [5, 5.41) is 11.7. The van der Waals surface area contributed by atoms with Crippen molar-refractivity contribution >= 4 is 34.8 Å². The first kappa shape index (κ1) is 14.8. The molecule has 2 aromatic rings. The molecule has 1 atom stereocenters. The lowest BCUT2D eigenvalue weighted by Crippen LogP contribution is -2.06. The van der Waals surface area contributed by atoms with E-state index in [1.54, 1.807) is 18.2 Å². The molecule has 0 amide bonds. The van der Waals surface area contributed by atoms with Crippen LogP contribution in [-0.2, 0) is 4.74 Å². The minimum absolute atomic E-state index is 0.0848. The van der Waals surface area contributed by atoms with Gasteiger partial charge < -0.3 is 4.74 Å². The average molecular weight is 337 g/mol. The number of halogens is 2. The lowest BCUT2D eigenvalue weighted by atomic mass is 10.1. The fraction of sp³-hybridized carbons (Fsp3) is 0.133. The van der Waals surface area contributed by atoms with Crippen molar-refractivity contribution in [3.8, 4) is 0 Å². The molecule has 1 heterocycles. The van der Waals surface area contributed by atoms with Crippen LogP contribution in [0.3, 0.4) is 0 Å². The molecule has 1 unspecified atom stereocenters. The lowest BCUT2D eigenvalue weighted by Gasteiger charge is -2.11. The number of rotatable bonds is 3. The molecule has 0 saturated carbocycles. The van der Waals surface area contributed by atoms with Crippen molar-refractivity contribution in [1.29, 1.82) is 0 Å². The molecule has 0 fully saturated rings. The Balaban J connectivity index is 1.82. The molecule has 7 heteroatoms. The van der Waals surface area contributed by atoms with Gasteiger partial charge in [0.2, 0.25) is 5.90 Å². The van der Waals surface area contributed by atoms with Gasteiger partial charge in [0.1, 0.15) is 11.1 Å². The Labute approximate surface area is 136 Å². The van der Waals surface area contributed by atoms with Gasteiger partial charge in [-0.15, -0.1) is 0 Å². The van der Waals surface area contributed by atoms with Crippen molar-refractivity contribution in [2.24, 2.45) is 4.99 Å². The molecule has 0 aliphatic carbocycles. The Morgan fingerprint density at radius 2 is 1.91 bits per heavy atom. The third kappa shape index (κ3) is 2.91. The molecule has 0 bridgehead atoms. The third-order valence-electron chi connectivity index (χ3n) is 3.29. The van der Waals surface area contributed by atoms with Crippen LogP contribution >= 0.6 is 23.2 Å². The molecule has 22 heavy (non-hydrogen) atoms. The second-order valence-corrected chi connectivity index (χ2v) is 5.57. The van der Waals surface area contributed by atoms with Gasteiger partial charge in [0.05, 0.1) is 11.5 Å². The zero-order valence-corrected chi connectivity index (χ0v) is 12.7. The predicted octanol–water partition coefficient (Wildman–Crippen LogP) is 4.42. The molecule has 0 spiro atoms. The quantitative estimate of drug-likeness (QED) is 0.615. The SMILES string of the molecule is O=[N+]([O-])c1cc(C2=NCC(c3ccc(Cl)cc3)O2)ccc1Cl. The highest BCUT2D eigenvalue weighted by atomic mass is 35.5. The van der Waals surface area contributed by atoms with Crippen LogP contribution in [-0.4, -0.2) is 17.4 Å². The maximum atomic E-state index is 10.9. The van der Waals surface area contributed by atoms with Gasteiger partial charge in [-0.1, -0.05) is 35.3 Å². The predicted molar refractivity (Wildman–Crippen MR) is 84.8 cm³/mol. The van der Waals surface area contributed by atoms with Crippen molar-refractivity contribution in [3.63, 3.8) is 0 Å². The second-order valence-electron chi connectivity index (χ2n) is 4.73. The zero-order valence-electron chi connectivity index (χ0n) is 11.2. The maximum absolute atomic E-state index is 10.9. The van der Waals surface area contributed by atoms with Crippen LogP contribution in [0.5, 0.6) is 0 Å². The second kappa shape index (κ2) is 5.94. The summed E-state index contributed by atoms with van der Waals surface area (Å²) in [6.45, 7) is 0.452. The summed E-state index contributed by atoms with van der Waals surface area (Å²) in [6.07, 6.45) is -0.220. The minimum Gasteiger partial charge on any atom is -0.467 e. The maximum Gasteiger partial charge on any atom is 0.288 e. The van der Waals surface area contributed by atoms with Gasteiger partial charge in [-0.25, -0.2) is 4.99 Å². The van der Waals surface area contributed by atoms with Gasteiger partial charge in [0, 0.05) is 16.7 Å². The minimum atomic E-state index is -0.530. The van der Waals surface area contributed by atoms with E-state index in [4.69, 9.17) is 27.9 Å². The highest BCUT2D eigenvalue weighted by molar-refractivity contribution is 6.32. The van der Waals surface area contributed by atoms with Gasteiger partial charge in [0.15, 0.2) is 0 Å². The summed E-state index contributed by atoms with van der Waals surface area (Å²) in [7, 11) is 0. The summed E-state index contributed by atoms with van der Waals surface area (Å²) >= 11 is 11.7. The fourth-order valence-corrected chi connectivity index (χ4v) is 2.48. The standard InChI is InChI=1S/C15H10Cl2N2O3/c16-11-4-1-9(2-5-11)14-8-18-15(22-14)10-3-6-12(17)13(7-10)19(20)21/h1-7,14H,8H2. The number of nitro benzene ring substituents is 1. The van der Waals surface area contributed by atoms with Crippen LogP contribution in [0.2, 0.25) is 10.0 Å². The topological polar surface area (TPSA) is 64.7 Å². The van der Waals surface area contributed by atoms with Crippen molar-refractivity contribution in [2.45, 2.75) is 6.10 Å². The summed E-state index contributed by atoms with van der Waals surface area (Å²) in [4.78, 5) is 14.7. The molecule has 0 saturated heterocycles. The van der Waals surface area contributed by atoms with Crippen LogP contribution in [0.4, 0.5) is 5.69 Å². The van der Waals surface area contributed by atoms with Crippen LogP contribution in [0.25, 0.3) is 0 Å². The van der Waals surface area contributed by atoms with Crippen LogP contribution in [0.1, 0.15) is 17.2 Å².